The van der Waals surface area contributed by atoms with Crippen LogP contribution in [0.15, 0.2) is 73.1 Å². The minimum atomic E-state index is -2.53. The van der Waals surface area contributed by atoms with Gasteiger partial charge in [-0.1, -0.05) is 36.4 Å². The third kappa shape index (κ3) is 5.69. The molecule has 0 saturated heterocycles. The van der Waals surface area contributed by atoms with Crippen LogP contribution in [0.4, 0.5) is 0 Å². The van der Waals surface area contributed by atoms with Crippen molar-refractivity contribution >= 4 is 33.6 Å². The number of fused-ring (bicyclic) bond motifs is 2. The molecule has 0 fully saturated rings. The Morgan fingerprint density at radius 2 is 2.05 bits per heavy atom. The molecule has 0 aliphatic heterocycles. The summed E-state index contributed by atoms with van der Waals surface area (Å²) in [7, 11) is -2.53. The highest BCUT2D eigenvalue weighted by molar-refractivity contribution is 7.71. The molecule has 0 radical (unpaired) electrons. The van der Waals surface area contributed by atoms with E-state index in [1.54, 1.807) is 16.1 Å². The van der Waals surface area contributed by atoms with Crippen molar-refractivity contribution in [2.45, 2.75) is 37.7 Å². The second-order valence-electron chi connectivity index (χ2n) is 9.35. The van der Waals surface area contributed by atoms with Crippen molar-refractivity contribution in [3.8, 4) is 0 Å². The third-order valence-corrected chi connectivity index (χ3v) is 7.63. The number of carbonyl (C=O) groups is 1. The number of thiol groups is 1. The monoisotopic (exact) mass is 518 g/mol. The Kier molecular flexibility index (Phi) is 7.55. The van der Waals surface area contributed by atoms with Crippen LogP contribution in [0.2, 0.25) is 0 Å². The van der Waals surface area contributed by atoms with E-state index in [-0.39, 0.29) is 11.9 Å². The predicted molar refractivity (Wildman–Crippen MR) is 144 cm³/mol. The molecule has 37 heavy (non-hydrogen) atoms. The van der Waals surface area contributed by atoms with Crippen LogP contribution in [0, 0.1) is 0 Å². The van der Waals surface area contributed by atoms with Gasteiger partial charge in [0.2, 0.25) is 0 Å². The van der Waals surface area contributed by atoms with Crippen molar-refractivity contribution in [2.24, 2.45) is 0 Å². The van der Waals surface area contributed by atoms with E-state index in [2.05, 4.69) is 46.4 Å². The van der Waals surface area contributed by atoms with Gasteiger partial charge in [0.25, 0.3) is 5.91 Å². The summed E-state index contributed by atoms with van der Waals surface area (Å²) < 4.78 is 24.7. The van der Waals surface area contributed by atoms with Crippen molar-refractivity contribution in [3.05, 3.63) is 101 Å². The molecular formula is C28H30N4O4S. The first kappa shape index (κ1) is 25.0. The number of aromatic nitrogens is 2. The number of aromatic amines is 1. The maximum absolute atomic E-state index is 11.4. The second kappa shape index (κ2) is 11.2. The summed E-state index contributed by atoms with van der Waals surface area (Å²) in [6.07, 6.45) is 9.64. The summed E-state index contributed by atoms with van der Waals surface area (Å²) in [4.78, 5) is 17.2. The first-order valence-electron chi connectivity index (χ1n) is 12.3. The molecule has 2 heterocycles. The summed E-state index contributed by atoms with van der Waals surface area (Å²) in [5, 5.41) is 9.95. The lowest BCUT2D eigenvalue weighted by Gasteiger charge is -2.30. The average Bonchev–Trinajstić information content (AvgIpc) is 3.63. The van der Waals surface area contributed by atoms with Crippen molar-refractivity contribution in [2.75, 3.05) is 6.54 Å². The molecule has 1 unspecified atom stereocenters. The number of hydrogen-bond donors (Lipinski definition) is 4. The molecule has 5 rings (SSSR count). The van der Waals surface area contributed by atoms with Crippen molar-refractivity contribution in [1.29, 1.82) is 0 Å². The molecule has 1 amide bonds. The number of hydroxylamine groups is 1. The van der Waals surface area contributed by atoms with E-state index in [9.17, 15) is 13.2 Å². The Bertz CT molecular complexity index is 1510. The molecule has 192 valence electrons. The SMILES string of the molecule is O=C(C=Cc1ccc2c(c1)CCC2N(CCc1c[nH]c2ccccc12)Cc1cccn1C[SH](=O)=O)NO. The minimum Gasteiger partial charge on any atom is -0.361 e. The van der Waals surface area contributed by atoms with Gasteiger partial charge >= 0.3 is 0 Å². The maximum Gasteiger partial charge on any atom is 0.267 e. The molecular weight excluding hydrogens is 488 g/mol. The van der Waals surface area contributed by atoms with Gasteiger partial charge in [0.15, 0.2) is 10.7 Å². The Labute approximate surface area is 217 Å². The lowest BCUT2D eigenvalue weighted by Crippen LogP contribution is -2.30. The van der Waals surface area contributed by atoms with E-state index in [1.165, 1.54) is 28.2 Å². The summed E-state index contributed by atoms with van der Waals surface area (Å²) in [5.74, 6) is -0.587. The highest BCUT2D eigenvalue weighted by Crippen LogP contribution is 2.37. The van der Waals surface area contributed by atoms with E-state index in [1.807, 2.05) is 30.5 Å². The molecule has 4 aromatic rings. The number of rotatable bonds is 10. The molecule has 8 nitrogen and oxygen atoms in total. The summed E-state index contributed by atoms with van der Waals surface area (Å²) >= 11 is 0. The zero-order valence-corrected chi connectivity index (χ0v) is 21.2. The molecule has 3 N–H and O–H groups in total. The number of nitrogens with one attached hydrogen (secondary N) is 2. The molecule has 2 aromatic heterocycles. The Balaban J connectivity index is 1.41. The smallest absolute Gasteiger partial charge is 0.267 e. The fourth-order valence-electron chi connectivity index (χ4n) is 5.32. The number of H-pyrrole nitrogens is 1. The number of aryl methyl sites for hydroxylation is 1. The Morgan fingerprint density at radius 3 is 2.89 bits per heavy atom. The van der Waals surface area contributed by atoms with E-state index >= 15 is 0 Å². The van der Waals surface area contributed by atoms with Gasteiger partial charge in [-0.3, -0.25) is 14.9 Å². The van der Waals surface area contributed by atoms with Gasteiger partial charge < -0.3 is 9.55 Å². The number of benzene rings is 2. The largest absolute Gasteiger partial charge is 0.361 e. The van der Waals surface area contributed by atoms with E-state index in [4.69, 9.17) is 5.21 Å². The normalized spacial score (nSPS) is 15.3. The summed E-state index contributed by atoms with van der Waals surface area (Å²) in [5.41, 5.74) is 8.38. The molecule has 1 aliphatic rings. The van der Waals surface area contributed by atoms with Gasteiger partial charge in [-0.2, -0.15) is 0 Å². The molecule has 0 saturated carbocycles. The number of hydrogen-bond acceptors (Lipinski definition) is 5. The maximum atomic E-state index is 11.4. The highest BCUT2D eigenvalue weighted by atomic mass is 32.2. The van der Waals surface area contributed by atoms with Crippen LogP contribution in [0.5, 0.6) is 0 Å². The number of carbonyl (C=O) groups excluding carboxylic acids is 1. The van der Waals surface area contributed by atoms with Crippen LogP contribution < -0.4 is 5.48 Å². The first-order valence-corrected chi connectivity index (χ1v) is 13.7. The van der Waals surface area contributed by atoms with Gasteiger partial charge in [0.05, 0.1) is 0 Å². The molecule has 1 atom stereocenters. The topological polar surface area (TPSA) is 107 Å². The second-order valence-corrected chi connectivity index (χ2v) is 10.3. The van der Waals surface area contributed by atoms with Crippen molar-refractivity contribution in [1.82, 2.24) is 19.9 Å². The van der Waals surface area contributed by atoms with Crippen molar-refractivity contribution in [3.63, 3.8) is 0 Å². The van der Waals surface area contributed by atoms with Gasteiger partial charge in [0.1, 0.15) is 5.88 Å². The van der Waals surface area contributed by atoms with E-state index < -0.39 is 16.6 Å². The highest BCUT2D eigenvalue weighted by Gasteiger charge is 2.28. The zero-order valence-electron chi connectivity index (χ0n) is 20.3. The Morgan fingerprint density at radius 1 is 1.19 bits per heavy atom. The van der Waals surface area contributed by atoms with Crippen LogP contribution in [-0.4, -0.2) is 40.5 Å². The lowest BCUT2D eigenvalue weighted by atomic mass is 10.0. The van der Waals surface area contributed by atoms with Crippen molar-refractivity contribution < 1.29 is 18.4 Å². The summed E-state index contributed by atoms with van der Waals surface area (Å²) in [6.45, 7) is 1.46. The average molecular weight is 519 g/mol. The quantitative estimate of drug-likeness (QED) is 0.111. The van der Waals surface area contributed by atoms with Gasteiger partial charge in [0, 0.05) is 54.2 Å². The molecule has 0 bridgehead atoms. The molecule has 2 aromatic carbocycles. The predicted octanol–water partition coefficient (Wildman–Crippen LogP) is 3.79. The summed E-state index contributed by atoms with van der Waals surface area (Å²) in [6, 6.07) is 18.6. The fourth-order valence-corrected chi connectivity index (χ4v) is 5.84. The van der Waals surface area contributed by atoms with Crippen LogP contribution in [0.3, 0.4) is 0 Å². The number of nitrogens with zero attached hydrogens (tertiary/aromatic N) is 2. The molecule has 0 spiro atoms. The van der Waals surface area contributed by atoms with Crippen LogP contribution in [-0.2, 0) is 40.8 Å². The van der Waals surface area contributed by atoms with Gasteiger partial charge in [-0.05, 0) is 65.8 Å². The fraction of sp³-hybridized carbons (Fsp3) is 0.250. The van der Waals surface area contributed by atoms with E-state index in [0.29, 0.717) is 6.54 Å². The molecule has 1 aliphatic carbocycles. The van der Waals surface area contributed by atoms with Gasteiger partial charge in [-0.15, -0.1) is 0 Å². The lowest BCUT2D eigenvalue weighted by molar-refractivity contribution is -0.124. The first-order chi connectivity index (χ1) is 18.0. The van der Waals surface area contributed by atoms with E-state index in [0.717, 1.165) is 42.6 Å². The zero-order chi connectivity index (χ0) is 25.8. The minimum absolute atomic E-state index is 0.0215. The Hall–Kier alpha value is -3.66. The van der Waals surface area contributed by atoms with Crippen LogP contribution in [0.25, 0.3) is 17.0 Å². The van der Waals surface area contributed by atoms with Crippen LogP contribution >= 0.6 is 0 Å². The van der Waals surface area contributed by atoms with Crippen LogP contribution in [0.1, 0.15) is 40.4 Å². The van der Waals surface area contributed by atoms with Gasteiger partial charge in [-0.25, -0.2) is 13.9 Å². The number of amides is 1. The number of para-hydroxylation sites is 1. The third-order valence-electron chi connectivity index (χ3n) is 7.09. The molecule has 9 heteroatoms. The standard InChI is InChI=1S/C28H30N4O4S/c33-28(30-34)12-8-20-7-10-25-21(16-20)9-11-27(25)31(18-23-4-3-14-32(23)19-37(35)36)15-13-22-17-29-26-6-2-1-5-24(22)26/h1-8,10,12,14,16-17,27,29,34,37H,9,11,13,15,18-19H2,(H,30,33).